The summed E-state index contributed by atoms with van der Waals surface area (Å²) in [5.74, 6) is 2.42. The number of nitrogens with zero attached hydrogens (tertiary/aromatic N) is 2. The molecule has 0 radical (unpaired) electrons. The minimum absolute atomic E-state index is 0.469. The Bertz CT molecular complexity index is 651. The van der Waals surface area contributed by atoms with Gasteiger partial charge in [-0.25, -0.2) is 9.97 Å². The minimum Gasteiger partial charge on any atom is -0.497 e. The Balaban J connectivity index is 2.10. The van der Waals surface area contributed by atoms with Gasteiger partial charge >= 0.3 is 0 Å². The zero-order valence-electron chi connectivity index (χ0n) is 12.0. The molecule has 2 N–H and O–H groups in total. The van der Waals surface area contributed by atoms with Gasteiger partial charge in [-0.05, 0) is 12.1 Å². The first-order valence-corrected chi connectivity index (χ1v) is 6.67. The van der Waals surface area contributed by atoms with Gasteiger partial charge in [0.2, 0.25) is 0 Å². The van der Waals surface area contributed by atoms with Gasteiger partial charge in [0.25, 0.3) is 0 Å². The molecular formula is C15H17N3O3. The highest BCUT2D eigenvalue weighted by Gasteiger charge is 2.18. The van der Waals surface area contributed by atoms with E-state index in [2.05, 4.69) is 9.97 Å². The molecule has 21 heavy (non-hydrogen) atoms. The van der Waals surface area contributed by atoms with E-state index in [-0.39, 0.29) is 0 Å². The molecule has 6 heteroatoms. The summed E-state index contributed by atoms with van der Waals surface area (Å²) in [5.41, 5.74) is 8.68. The van der Waals surface area contributed by atoms with Gasteiger partial charge in [0, 0.05) is 23.6 Å². The van der Waals surface area contributed by atoms with Crippen LogP contribution in [0.25, 0.3) is 11.4 Å². The molecule has 0 bridgehead atoms. The van der Waals surface area contributed by atoms with Gasteiger partial charge in [0.15, 0.2) is 5.82 Å². The van der Waals surface area contributed by atoms with E-state index in [4.69, 9.17) is 19.9 Å². The van der Waals surface area contributed by atoms with E-state index in [0.717, 1.165) is 23.2 Å². The predicted molar refractivity (Wildman–Crippen MR) is 78.3 cm³/mol. The zero-order valence-corrected chi connectivity index (χ0v) is 12.0. The Morgan fingerprint density at radius 1 is 1.10 bits per heavy atom. The van der Waals surface area contributed by atoms with Crippen LogP contribution in [0.3, 0.4) is 0 Å². The molecule has 2 heterocycles. The SMILES string of the molecule is COc1cc(OC)cc(-c2nc(N)c3c(n2)CCOC3)c1. The number of methoxy groups -OCH3 is 2. The van der Waals surface area contributed by atoms with E-state index >= 15 is 0 Å². The second kappa shape index (κ2) is 5.57. The van der Waals surface area contributed by atoms with Gasteiger partial charge in [-0.15, -0.1) is 0 Å². The van der Waals surface area contributed by atoms with Crippen LogP contribution in [0.5, 0.6) is 11.5 Å². The largest absolute Gasteiger partial charge is 0.497 e. The van der Waals surface area contributed by atoms with E-state index in [1.54, 1.807) is 20.3 Å². The summed E-state index contributed by atoms with van der Waals surface area (Å²) in [6, 6.07) is 5.53. The van der Waals surface area contributed by atoms with Crippen LogP contribution in [0.2, 0.25) is 0 Å². The molecule has 0 atom stereocenters. The highest BCUT2D eigenvalue weighted by Crippen LogP contribution is 2.30. The topological polar surface area (TPSA) is 79.5 Å². The summed E-state index contributed by atoms with van der Waals surface area (Å²) >= 11 is 0. The smallest absolute Gasteiger partial charge is 0.162 e. The first-order valence-electron chi connectivity index (χ1n) is 6.67. The lowest BCUT2D eigenvalue weighted by atomic mass is 10.1. The van der Waals surface area contributed by atoms with Gasteiger partial charge in [-0.2, -0.15) is 0 Å². The first kappa shape index (κ1) is 13.6. The number of hydrogen-bond donors (Lipinski definition) is 1. The van der Waals surface area contributed by atoms with Crippen molar-refractivity contribution in [1.82, 2.24) is 9.97 Å². The highest BCUT2D eigenvalue weighted by atomic mass is 16.5. The van der Waals surface area contributed by atoms with Gasteiger partial charge in [-0.1, -0.05) is 0 Å². The third kappa shape index (κ3) is 2.62. The average molecular weight is 287 g/mol. The molecule has 110 valence electrons. The third-order valence-electron chi connectivity index (χ3n) is 3.46. The average Bonchev–Trinajstić information content (AvgIpc) is 2.54. The molecule has 0 spiro atoms. The van der Waals surface area contributed by atoms with E-state index in [1.165, 1.54) is 0 Å². The van der Waals surface area contributed by atoms with Crippen LogP contribution < -0.4 is 15.2 Å². The Labute approximate surface area is 122 Å². The molecule has 1 aliphatic rings. The molecule has 3 rings (SSSR count). The van der Waals surface area contributed by atoms with E-state index in [1.807, 2.05) is 12.1 Å². The maximum atomic E-state index is 6.03. The highest BCUT2D eigenvalue weighted by molar-refractivity contribution is 5.63. The summed E-state index contributed by atoms with van der Waals surface area (Å²) in [7, 11) is 3.22. The van der Waals surface area contributed by atoms with Crippen molar-refractivity contribution in [3.8, 4) is 22.9 Å². The number of anilines is 1. The fraction of sp³-hybridized carbons (Fsp3) is 0.333. The number of benzene rings is 1. The zero-order chi connectivity index (χ0) is 14.8. The Kier molecular flexibility index (Phi) is 3.62. The van der Waals surface area contributed by atoms with Crippen LogP contribution >= 0.6 is 0 Å². The quantitative estimate of drug-likeness (QED) is 0.927. The summed E-state index contributed by atoms with van der Waals surface area (Å²) in [6.45, 7) is 1.13. The van der Waals surface area contributed by atoms with E-state index in [9.17, 15) is 0 Å². The van der Waals surface area contributed by atoms with E-state index in [0.29, 0.717) is 36.4 Å². The summed E-state index contributed by atoms with van der Waals surface area (Å²) in [4.78, 5) is 9.00. The number of nitrogens with two attached hydrogens (primary N) is 1. The second-order valence-electron chi connectivity index (χ2n) is 4.76. The Morgan fingerprint density at radius 3 is 2.48 bits per heavy atom. The molecule has 0 amide bonds. The van der Waals surface area contributed by atoms with Crippen LogP contribution in [0, 0.1) is 0 Å². The first-order chi connectivity index (χ1) is 10.2. The number of ether oxygens (including phenoxy) is 3. The van der Waals surface area contributed by atoms with Crippen LogP contribution in [0.4, 0.5) is 5.82 Å². The lowest BCUT2D eigenvalue weighted by Gasteiger charge is -2.18. The minimum atomic E-state index is 0.469. The number of hydrogen-bond acceptors (Lipinski definition) is 6. The van der Waals surface area contributed by atoms with Crippen LogP contribution in [-0.2, 0) is 17.8 Å². The second-order valence-corrected chi connectivity index (χ2v) is 4.76. The maximum absolute atomic E-state index is 6.03. The standard InChI is InChI=1S/C15H17N3O3/c1-19-10-5-9(6-11(7-10)20-2)15-17-13-3-4-21-8-12(13)14(16)18-15/h5-7H,3-4,8H2,1-2H3,(H2,16,17,18). The molecule has 0 fully saturated rings. The molecule has 0 saturated heterocycles. The molecule has 0 aliphatic carbocycles. The lowest BCUT2D eigenvalue weighted by molar-refractivity contribution is 0.109. The van der Waals surface area contributed by atoms with Crippen LogP contribution in [0.15, 0.2) is 18.2 Å². The molecular weight excluding hydrogens is 270 g/mol. The molecule has 1 aromatic carbocycles. The maximum Gasteiger partial charge on any atom is 0.162 e. The molecule has 2 aromatic rings. The van der Waals surface area contributed by atoms with Crippen molar-refractivity contribution in [1.29, 1.82) is 0 Å². The molecule has 1 aromatic heterocycles. The molecule has 1 aliphatic heterocycles. The molecule has 6 nitrogen and oxygen atoms in total. The fourth-order valence-electron chi connectivity index (χ4n) is 2.32. The normalized spacial score (nSPS) is 13.6. The van der Waals surface area contributed by atoms with Gasteiger partial charge in [-0.3, -0.25) is 0 Å². The van der Waals surface area contributed by atoms with Gasteiger partial charge in [0.1, 0.15) is 17.3 Å². The van der Waals surface area contributed by atoms with Crippen LogP contribution in [-0.4, -0.2) is 30.8 Å². The molecule has 0 saturated carbocycles. The fourth-order valence-corrected chi connectivity index (χ4v) is 2.32. The van der Waals surface area contributed by atoms with Crippen molar-refractivity contribution >= 4 is 5.82 Å². The third-order valence-corrected chi connectivity index (χ3v) is 3.46. The van der Waals surface area contributed by atoms with Crippen LogP contribution in [0.1, 0.15) is 11.3 Å². The monoisotopic (exact) mass is 287 g/mol. The van der Waals surface area contributed by atoms with Gasteiger partial charge < -0.3 is 19.9 Å². The van der Waals surface area contributed by atoms with Crippen molar-refractivity contribution in [3.05, 3.63) is 29.5 Å². The lowest BCUT2D eigenvalue weighted by Crippen LogP contribution is -2.16. The Hall–Kier alpha value is -2.34. The van der Waals surface area contributed by atoms with Crippen molar-refractivity contribution in [2.24, 2.45) is 0 Å². The van der Waals surface area contributed by atoms with Crippen molar-refractivity contribution in [2.45, 2.75) is 13.0 Å². The Morgan fingerprint density at radius 2 is 1.81 bits per heavy atom. The number of aromatic nitrogens is 2. The summed E-state index contributed by atoms with van der Waals surface area (Å²) in [5, 5.41) is 0. The number of fused-ring (bicyclic) bond motifs is 1. The van der Waals surface area contributed by atoms with Crippen molar-refractivity contribution in [2.75, 3.05) is 26.6 Å². The number of nitrogen functional groups attached to an aromatic ring is 1. The predicted octanol–water partition coefficient (Wildman–Crippen LogP) is 1.82. The van der Waals surface area contributed by atoms with Gasteiger partial charge in [0.05, 0.1) is 33.1 Å². The summed E-state index contributed by atoms with van der Waals surface area (Å²) < 4.78 is 15.9. The van der Waals surface area contributed by atoms with Crippen molar-refractivity contribution in [3.63, 3.8) is 0 Å². The number of rotatable bonds is 3. The summed E-state index contributed by atoms with van der Waals surface area (Å²) in [6.07, 6.45) is 0.746. The molecule has 0 unspecified atom stereocenters. The van der Waals surface area contributed by atoms with E-state index < -0.39 is 0 Å². The van der Waals surface area contributed by atoms with Crippen molar-refractivity contribution < 1.29 is 14.2 Å².